The zero-order valence-corrected chi connectivity index (χ0v) is 12.5. The maximum atomic E-state index is 12.3. The van der Waals surface area contributed by atoms with Crippen molar-refractivity contribution in [2.45, 2.75) is 19.3 Å². The molecule has 0 radical (unpaired) electrons. The van der Waals surface area contributed by atoms with Gasteiger partial charge in [-0.1, -0.05) is 6.07 Å². The Morgan fingerprint density at radius 1 is 1.23 bits per heavy atom. The molecule has 2 aliphatic heterocycles. The van der Waals surface area contributed by atoms with Gasteiger partial charge in [-0.3, -0.25) is 9.89 Å². The number of nitrogens with two attached hydrogens (primary N) is 1. The minimum atomic E-state index is -0.197. The van der Waals surface area contributed by atoms with E-state index in [1.165, 1.54) is 11.3 Å². The van der Waals surface area contributed by atoms with Crippen LogP contribution in [0, 0.1) is 0 Å². The fourth-order valence-electron chi connectivity index (χ4n) is 2.84. The number of hydrogen-bond donors (Lipinski definition) is 2. The molecule has 0 bridgehead atoms. The average molecular weight is 299 g/mol. The lowest BCUT2D eigenvalue weighted by atomic mass is 10.1. The number of para-hydroxylation sites is 1. The van der Waals surface area contributed by atoms with Crippen molar-refractivity contribution in [1.82, 2.24) is 4.90 Å². The van der Waals surface area contributed by atoms with Gasteiger partial charge in [0.2, 0.25) is 0 Å². The van der Waals surface area contributed by atoms with Crippen molar-refractivity contribution in [3.05, 3.63) is 30.5 Å². The first-order chi connectivity index (χ1) is 10.8. The number of benzene rings is 1. The molecular formula is C16H21N5O. The summed E-state index contributed by atoms with van der Waals surface area (Å²) >= 11 is 0. The highest BCUT2D eigenvalue weighted by molar-refractivity contribution is 5.97. The van der Waals surface area contributed by atoms with E-state index >= 15 is 0 Å². The van der Waals surface area contributed by atoms with E-state index in [2.05, 4.69) is 15.2 Å². The number of rotatable bonds is 2. The van der Waals surface area contributed by atoms with Crippen LogP contribution in [0.25, 0.3) is 0 Å². The van der Waals surface area contributed by atoms with E-state index in [4.69, 9.17) is 5.73 Å². The number of nitrogens with one attached hydrogen (secondary N) is 1. The standard InChI is InChI=1S/C16H21N5O/c17-13-6-4-7-14(15(13)20-9-2-1-3-10-20)19-16(22)21-11-5-8-18-12-21/h4-8,11H,1-3,9-10,12,17H2,(H,19,22). The van der Waals surface area contributed by atoms with Crippen LogP contribution < -0.4 is 16.0 Å². The van der Waals surface area contributed by atoms with Crippen molar-refractivity contribution in [1.29, 1.82) is 0 Å². The van der Waals surface area contributed by atoms with Gasteiger partial charge in [-0.25, -0.2) is 4.79 Å². The van der Waals surface area contributed by atoms with Crippen LogP contribution in [0.5, 0.6) is 0 Å². The molecule has 0 unspecified atom stereocenters. The average Bonchev–Trinajstić information content (AvgIpc) is 2.56. The van der Waals surface area contributed by atoms with Gasteiger partial charge in [0, 0.05) is 25.5 Å². The molecule has 0 aromatic heterocycles. The van der Waals surface area contributed by atoms with E-state index in [0.29, 0.717) is 12.4 Å². The van der Waals surface area contributed by atoms with Crippen molar-refractivity contribution >= 4 is 29.3 Å². The molecule has 0 atom stereocenters. The summed E-state index contributed by atoms with van der Waals surface area (Å²) < 4.78 is 0. The second kappa shape index (κ2) is 6.51. The summed E-state index contributed by atoms with van der Waals surface area (Å²) in [6, 6.07) is 5.44. The van der Waals surface area contributed by atoms with Crippen molar-refractivity contribution in [2.75, 3.05) is 35.7 Å². The molecule has 1 saturated heterocycles. The van der Waals surface area contributed by atoms with Crippen LogP contribution in [-0.4, -0.2) is 36.9 Å². The van der Waals surface area contributed by atoms with Gasteiger partial charge in [0.25, 0.3) is 0 Å². The summed E-state index contributed by atoms with van der Waals surface area (Å²) in [6.07, 6.45) is 8.71. The van der Waals surface area contributed by atoms with Crippen LogP contribution in [0.4, 0.5) is 21.9 Å². The van der Waals surface area contributed by atoms with E-state index in [1.54, 1.807) is 18.5 Å². The number of urea groups is 1. The highest BCUT2D eigenvalue weighted by atomic mass is 16.2. The normalized spacial score (nSPS) is 17.6. The maximum Gasteiger partial charge on any atom is 0.327 e. The molecule has 0 saturated carbocycles. The van der Waals surface area contributed by atoms with Gasteiger partial charge >= 0.3 is 6.03 Å². The molecule has 116 valence electrons. The first-order valence-electron chi connectivity index (χ1n) is 7.63. The summed E-state index contributed by atoms with van der Waals surface area (Å²) in [7, 11) is 0. The molecule has 2 amide bonds. The number of nitrogen functional groups attached to an aromatic ring is 1. The zero-order valence-electron chi connectivity index (χ0n) is 12.5. The minimum Gasteiger partial charge on any atom is -0.397 e. The second-order valence-corrected chi connectivity index (χ2v) is 5.51. The van der Waals surface area contributed by atoms with Crippen LogP contribution in [-0.2, 0) is 0 Å². The lowest BCUT2D eigenvalue weighted by Gasteiger charge is -2.32. The SMILES string of the molecule is Nc1cccc(NC(=O)N2C=CC=NC2)c1N1CCCCC1. The van der Waals surface area contributed by atoms with Crippen LogP contribution in [0.15, 0.2) is 35.5 Å². The molecule has 1 aromatic rings. The molecule has 2 heterocycles. The predicted molar refractivity (Wildman–Crippen MR) is 90.3 cm³/mol. The summed E-state index contributed by atoms with van der Waals surface area (Å²) in [4.78, 5) is 20.2. The number of aliphatic imine (C=N–C) groups is 1. The molecule has 3 rings (SSSR count). The van der Waals surface area contributed by atoms with Crippen LogP contribution in [0.1, 0.15) is 19.3 Å². The van der Waals surface area contributed by atoms with Gasteiger partial charge in [-0.15, -0.1) is 0 Å². The molecule has 0 spiro atoms. The van der Waals surface area contributed by atoms with E-state index in [1.807, 2.05) is 18.2 Å². The van der Waals surface area contributed by atoms with E-state index < -0.39 is 0 Å². The number of carbonyl (C=O) groups is 1. The van der Waals surface area contributed by atoms with E-state index in [9.17, 15) is 4.79 Å². The Kier molecular flexibility index (Phi) is 4.27. The summed E-state index contributed by atoms with van der Waals surface area (Å²) in [5.74, 6) is 0. The van der Waals surface area contributed by atoms with Crippen LogP contribution >= 0.6 is 0 Å². The predicted octanol–water partition coefficient (Wildman–Crippen LogP) is 2.65. The second-order valence-electron chi connectivity index (χ2n) is 5.51. The number of allylic oxidation sites excluding steroid dienone is 1. The van der Waals surface area contributed by atoms with Crippen molar-refractivity contribution in [3.63, 3.8) is 0 Å². The number of piperidine rings is 1. The Balaban J connectivity index is 1.80. The molecule has 22 heavy (non-hydrogen) atoms. The Morgan fingerprint density at radius 2 is 2.05 bits per heavy atom. The Morgan fingerprint density at radius 3 is 2.77 bits per heavy atom. The van der Waals surface area contributed by atoms with Gasteiger partial charge in [0.15, 0.2) is 0 Å². The fourth-order valence-corrected chi connectivity index (χ4v) is 2.84. The lowest BCUT2D eigenvalue weighted by Crippen LogP contribution is -2.34. The summed E-state index contributed by atoms with van der Waals surface area (Å²) in [6.45, 7) is 2.29. The Bertz CT molecular complexity index is 605. The van der Waals surface area contributed by atoms with Crippen molar-refractivity contribution < 1.29 is 4.79 Å². The number of amides is 2. The smallest absolute Gasteiger partial charge is 0.327 e. The van der Waals surface area contributed by atoms with Gasteiger partial charge in [0.1, 0.15) is 6.67 Å². The first-order valence-corrected chi connectivity index (χ1v) is 7.63. The third-order valence-electron chi connectivity index (χ3n) is 3.93. The third-order valence-corrected chi connectivity index (χ3v) is 3.93. The van der Waals surface area contributed by atoms with Gasteiger partial charge in [0.05, 0.1) is 17.1 Å². The van der Waals surface area contributed by atoms with Crippen molar-refractivity contribution in [2.24, 2.45) is 4.99 Å². The summed E-state index contributed by atoms with van der Waals surface area (Å²) in [5.41, 5.74) is 8.55. The number of nitrogens with zero attached hydrogens (tertiary/aromatic N) is 3. The van der Waals surface area contributed by atoms with Gasteiger partial charge in [-0.05, 0) is 37.5 Å². The quantitative estimate of drug-likeness (QED) is 0.824. The number of anilines is 3. The number of carbonyl (C=O) groups excluding carboxylic acids is 1. The zero-order chi connectivity index (χ0) is 15.4. The highest BCUT2D eigenvalue weighted by Gasteiger charge is 2.20. The largest absolute Gasteiger partial charge is 0.397 e. The van der Waals surface area contributed by atoms with Gasteiger partial charge < -0.3 is 16.0 Å². The van der Waals surface area contributed by atoms with Crippen LogP contribution in [0.2, 0.25) is 0 Å². The Hall–Kier alpha value is -2.50. The first kappa shape index (κ1) is 14.4. The topological polar surface area (TPSA) is 74.0 Å². The molecule has 1 aromatic carbocycles. The molecular weight excluding hydrogens is 278 g/mol. The van der Waals surface area contributed by atoms with E-state index in [-0.39, 0.29) is 6.03 Å². The third kappa shape index (κ3) is 3.05. The van der Waals surface area contributed by atoms with Crippen molar-refractivity contribution in [3.8, 4) is 0 Å². The molecule has 2 aliphatic rings. The van der Waals surface area contributed by atoms with E-state index in [0.717, 1.165) is 37.3 Å². The molecule has 0 aliphatic carbocycles. The Labute approximate surface area is 130 Å². The number of hydrogen-bond acceptors (Lipinski definition) is 4. The lowest BCUT2D eigenvalue weighted by molar-refractivity contribution is 0.229. The fraction of sp³-hybridized carbons (Fsp3) is 0.375. The van der Waals surface area contributed by atoms with Crippen LogP contribution in [0.3, 0.4) is 0 Å². The molecule has 6 nitrogen and oxygen atoms in total. The highest BCUT2D eigenvalue weighted by Crippen LogP contribution is 2.34. The molecule has 1 fully saturated rings. The monoisotopic (exact) mass is 299 g/mol. The summed E-state index contributed by atoms with van der Waals surface area (Å²) in [5, 5.41) is 2.96. The molecule has 6 heteroatoms. The molecule has 3 N–H and O–H groups in total. The van der Waals surface area contributed by atoms with Gasteiger partial charge in [-0.2, -0.15) is 0 Å². The maximum absolute atomic E-state index is 12.3. The minimum absolute atomic E-state index is 0.197.